The van der Waals surface area contributed by atoms with E-state index < -0.39 is 5.97 Å². The Hall–Kier alpha value is -3.35. The number of esters is 1. The first-order valence-corrected chi connectivity index (χ1v) is 9.27. The molecule has 29 heavy (non-hydrogen) atoms. The second-order valence-electron chi connectivity index (χ2n) is 6.95. The maximum absolute atomic E-state index is 12.9. The summed E-state index contributed by atoms with van der Waals surface area (Å²) in [6.45, 7) is 5.62. The van der Waals surface area contributed by atoms with E-state index in [-0.39, 0.29) is 23.9 Å². The van der Waals surface area contributed by atoms with E-state index in [1.54, 1.807) is 44.6 Å². The molecule has 0 amide bonds. The standard InChI is InChI=1S/C22H24N2O5/c1-13(2)24-21(25)17-9-7-6-8-16(17)20(23-24)22(26)29-12-15-11-19(28-5)18(27-4)10-14(15)3/h6-11,13H,12H2,1-5H3. The van der Waals surface area contributed by atoms with Crippen molar-refractivity contribution in [1.82, 2.24) is 9.78 Å². The third kappa shape index (κ3) is 3.94. The van der Waals surface area contributed by atoms with E-state index in [2.05, 4.69) is 5.10 Å². The summed E-state index contributed by atoms with van der Waals surface area (Å²) in [5.74, 6) is 0.572. The number of methoxy groups -OCH3 is 2. The Morgan fingerprint density at radius 2 is 1.69 bits per heavy atom. The minimum atomic E-state index is -0.593. The molecule has 0 spiro atoms. The van der Waals surface area contributed by atoms with Crippen LogP contribution in [0.4, 0.5) is 0 Å². The summed E-state index contributed by atoms with van der Waals surface area (Å²) in [7, 11) is 3.12. The van der Waals surface area contributed by atoms with Crippen LogP contribution in [0.1, 0.15) is 41.5 Å². The molecule has 7 nitrogen and oxygen atoms in total. The van der Waals surface area contributed by atoms with Gasteiger partial charge in [0.05, 0.1) is 25.6 Å². The number of hydrogen-bond donors (Lipinski definition) is 0. The molecule has 0 atom stereocenters. The highest BCUT2D eigenvalue weighted by molar-refractivity contribution is 6.02. The van der Waals surface area contributed by atoms with Crippen molar-refractivity contribution in [3.05, 3.63) is 63.6 Å². The first kappa shape index (κ1) is 20.4. The van der Waals surface area contributed by atoms with E-state index in [0.29, 0.717) is 22.3 Å². The highest BCUT2D eigenvalue weighted by Gasteiger charge is 2.19. The Bertz CT molecular complexity index is 1120. The van der Waals surface area contributed by atoms with Crippen molar-refractivity contribution in [1.29, 1.82) is 0 Å². The first-order valence-electron chi connectivity index (χ1n) is 9.27. The Morgan fingerprint density at radius 1 is 1.07 bits per heavy atom. The lowest BCUT2D eigenvalue weighted by Crippen LogP contribution is -2.27. The average molecular weight is 396 g/mol. The summed E-state index contributed by atoms with van der Waals surface area (Å²) < 4.78 is 17.5. The molecule has 2 aromatic carbocycles. The van der Waals surface area contributed by atoms with Gasteiger partial charge in [-0.1, -0.05) is 18.2 Å². The second kappa shape index (κ2) is 8.34. The lowest BCUT2D eigenvalue weighted by Gasteiger charge is -2.15. The van der Waals surface area contributed by atoms with Gasteiger partial charge in [-0.25, -0.2) is 9.48 Å². The Morgan fingerprint density at radius 3 is 2.31 bits per heavy atom. The molecule has 0 saturated heterocycles. The van der Waals surface area contributed by atoms with Gasteiger partial charge >= 0.3 is 5.97 Å². The van der Waals surface area contributed by atoms with Gasteiger partial charge < -0.3 is 14.2 Å². The maximum atomic E-state index is 12.9. The molecular weight excluding hydrogens is 372 g/mol. The molecule has 7 heteroatoms. The van der Waals surface area contributed by atoms with Crippen LogP contribution >= 0.6 is 0 Å². The molecule has 1 heterocycles. The van der Waals surface area contributed by atoms with Crippen LogP contribution in [0, 0.1) is 6.92 Å². The molecular formula is C22H24N2O5. The number of nitrogens with zero attached hydrogens (tertiary/aromatic N) is 2. The number of fused-ring (bicyclic) bond motifs is 1. The highest BCUT2D eigenvalue weighted by atomic mass is 16.5. The molecule has 152 valence electrons. The SMILES string of the molecule is COc1cc(C)c(COC(=O)c2nn(C(C)C)c(=O)c3ccccc23)cc1OC. The van der Waals surface area contributed by atoms with Gasteiger partial charge in [0, 0.05) is 5.39 Å². The zero-order valence-electron chi connectivity index (χ0n) is 17.2. The van der Waals surface area contributed by atoms with Crippen LogP contribution in [0.25, 0.3) is 10.8 Å². The predicted octanol–water partition coefficient (Wildman–Crippen LogP) is 3.66. The van der Waals surface area contributed by atoms with Crippen molar-refractivity contribution < 1.29 is 19.0 Å². The zero-order valence-corrected chi connectivity index (χ0v) is 17.2. The number of carbonyl (C=O) groups is 1. The molecule has 3 aromatic rings. The lowest BCUT2D eigenvalue weighted by molar-refractivity contribution is 0.0464. The van der Waals surface area contributed by atoms with E-state index in [4.69, 9.17) is 14.2 Å². The maximum Gasteiger partial charge on any atom is 0.359 e. The number of rotatable bonds is 6. The molecule has 0 aliphatic rings. The van der Waals surface area contributed by atoms with Crippen molar-refractivity contribution >= 4 is 16.7 Å². The van der Waals surface area contributed by atoms with E-state index in [0.717, 1.165) is 11.1 Å². The Balaban J connectivity index is 1.95. The molecule has 0 aliphatic carbocycles. The Labute approximate surface area is 168 Å². The van der Waals surface area contributed by atoms with E-state index in [1.807, 2.05) is 26.8 Å². The summed E-state index contributed by atoms with van der Waals surface area (Å²) in [5, 5.41) is 5.19. The predicted molar refractivity (Wildman–Crippen MR) is 110 cm³/mol. The van der Waals surface area contributed by atoms with E-state index >= 15 is 0 Å². The van der Waals surface area contributed by atoms with E-state index in [1.165, 1.54) is 4.68 Å². The monoisotopic (exact) mass is 396 g/mol. The van der Waals surface area contributed by atoms with Crippen LogP contribution < -0.4 is 15.0 Å². The third-order valence-corrected chi connectivity index (χ3v) is 4.71. The molecule has 0 saturated carbocycles. The van der Waals surface area contributed by atoms with Crippen LogP contribution in [0.15, 0.2) is 41.2 Å². The quantitative estimate of drug-likeness (QED) is 0.592. The third-order valence-electron chi connectivity index (χ3n) is 4.71. The van der Waals surface area contributed by atoms with Gasteiger partial charge in [-0.05, 0) is 50.1 Å². The molecule has 0 unspecified atom stereocenters. The summed E-state index contributed by atoms with van der Waals surface area (Å²) >= 11 is 0. The number of carbonyl (C=O) groups excluding carboxylic acids is 1. The number of aromatic nitrogens is 2. The van der Waals surface area contributed by atoms with Crippen LogP contribution in [0.3, 0.4) is 0 Å². The summed E-state index contributed by atoms with van der Waals surface area (Å²) in [4.78, 5) is 25.5. The molecule has 0 N–H and O–H groups in total. The molecule has 0 radical (unpaired) electrons. The lowest BCUT2D eigenvalue weighted by atomic mass is 10.1. The van der Waals surface area contributed by atoms with Gasteiger partial charge in [0.15, 0.2) is 17.2 Å². The van der Waals surface area contributed by atoms with Crippen molar-refractivity contribution in [2.75, 3.05) is 14.2 Å². The van der Waals surface area contributed by atoms with Gasteiger partial charge in [-0.2, -0.15) is 5.10 Å². The van der Waals surface area contributed by atoms with Gasteiger partial charge in [0.25, 0.3) is 5.56 Å². The minimum absolute atomic E-state index is 0.0435. The number of benzene rings is 2. The smallest absolute Gasteiger partial charge is 0.359 e. The van der Waals surface area contributed by atoms with E-state index in [9.17, 15) is 9.59 Å². The molecule has 0 bridgehead atoms. The van der Waals surface area contributed by atoms with Crippen molar-refractivity contribution in [2.45, 2.75) is 33.4 Å². The fourth-order valence-electron chi connectivity index (χ4n) is 3.10. The van der Waals surface area contributed by atoms with Gasteiger partial charge in [0.1, 0.15) is 6.61 Å². The van der Waals surface area contributed by atoms with Crippen LogP contribution in [0.2, 0.25) is 0 Å². The van der Waals surface area contributed by atoms with Gasteiger partial charge in [0.2, 0.25) is 0 Å². The fraction of sp³-hybridized carbons (Fsp3) is 0.318. The largest absolute Gasteiger partial charge is 0.493 e. The van der Waals surface area contributed by atoms with Gasteiger partial charge in [-0.3, -0.25) is 4.79 Å². The number of hydrogen-bond acceptors (Lipinski definition) is 6. The van der Waals surface area contributed by atoms with Crippen molar-refractivity contribution in [3.8, 4) is 11.5 Å². The number of ether oxygens (including phenoxy) is 3. The normalized spacial score (nSPS) is 11.0. The summed E-state index contributed by atoms with van der Waals surface area (Å²) in [6.07, 6.45) is 0. The van der Waals surface area contributed by atoms with Crippen LogP contribution in [-0.2, 0) is 11.3 Å². The minimum Gasteiger partial charge on any atom is -0.493 e. The van der Waals surface area contributed by atoms with Gasteiger partial charge in [-0.15, -0.1) is 0 Å². The van der Waals surface area contributed by atoms with Crippen molar-refractivity contribution in [3.63, 3.8) is 0 Å². The van der Waals surface area contributed by atoms with Crippen LogP contribution in [0.5, 0.6) is 11.5 Å². The molecule has 0 fully saturated rings. The zero-order chi connectivity index (χ0) is 21.1. The summed E-state index contributed by atoms with van der Waals surface area (Å²) in [6, 6.07) is 10.3. The molecule has 3 rings (SSSR count). The first-order chi connectivity index (χ1) is 13.9. The fourth-order valence-corrected chi connectivity index (χ4v) is 3.10. The molecule has 1 aromatic heterocycles. The van der Waals surface area contributed by atoms with Crippen LogP contribution in [-0.4, -0.2) is 30.0 Å². The second-order valence-corrected chi connectivity index (χ2v) is 6.95. The number of aryl methyl sites for hydroxylation is 1. The van der Waals surface area contributed by atoms with Crippen molar-refractivity contribution in [2.24, 2.45) is 0 Å². The topological polar surface area (TPSA) is 79.7 Å². The highest BCUT2D eigenvalue weighted by Crippen LogP contribution is 2.30. The average Bonchev–Trinajstić information content (AvgIpc) is 2.72. The Kier molecular flexibility index (Phi) is 5.87. The molecule has 0 aliphatic heterocycles. The summed E-state index contributed by atoms with van der Waals surface area (Å²) in [5.41, 5.74) is 1.58.